The number of aryl methyl sites for hydroxylation is 1. The van der Waals surface area contributed by atoms with Crippen molar-refractivity contribution >= 4 is 29.9 Å². The third kappa shape index (κ3) is 6.33. The van der Waals surface area contributed by atoms with E-state index in [0.717, 1.165) is 5.56 Å². The van der Waals surface area contributed by atoms with Crippen LogP contribution in [0.25, 0.3) is 0 Å². The van der Waals surface area contributed by atoms with Crippen LogP contribution >= 0.6 is 24.0 Å². The lowest BCUT2D eigenvalue weighted by Crippen LogP contribution is -2.38. The molecule has 1 fully saturated rings. The van der Waals surface area contributed by atoms with Gasteiger partial charge in [0.1, 0.15) is 0 Å². The van der Waals surface area contributed by atoms with Gasteiger partial charge in [-0.15, -0.1) is 24.0 Å². The largest absolute Gasteiger partial charge is 0.490 e. The van der Waals surface area contributed by atoms with E-state index in [1.807, 2.05) is 13.0 Å². The number of nitrogens with one attached hydrogen (secondary N) is 2. The molecule has 0 saturated heterocycles. The molecule has 1 aliphatic rings. The monoisotopic (exact) mass is 489 g/mol. The summed E-state index contributed by atoms with van der Waals surface area (Å²) in [6, 6.07) is 4.90. The number of benzene rings is 1. The van der Waals surface area contributed by atoms with Gasteiger partial charge in [0.2, 0.25) is 5.89 Å². The summed E-state index contributed by atoms with van der Waals surface area (Å²) in [6.07, 6.45) is 2.35. The number of guanidine groups is 1. The molecule has 1 aromatic heterocycles. The van der Waals surface area contributed by atoms with Crippen molar-refractivity contribution < 1.29 is 13.7 Å². The van der Waals surface area contributed by atoms with Gasteiger partial charge < -0.3 is 19.9 Å². The normalized spacial score (nSPS) is 15.0. The van der Waals surface area contributed by atoms with E-state index < -0.39 is 0 Å². The molecule has 2 N–H and O–H groups in total. The van der Waals surface area contributed by atoms with Crippen LogP contribution in [0.15, 0.2) is 27.7 Å². The number of nitrogens with zero attached hydrogens (tertiary/aromatic N) is 3. The summed E-state index contributed by atoms with van der Waals surface area (Å²) in [5.74, 6) is 2.16. The standard InChI is InChI=1S/C18H24FN5O2.HI/c1-11(22-18(20-3)21-9-17-23-12(2)24-26-17)14-6-7-16(15(19)8-14)25-10-13-4-5-13;/h6-8,11,13H,4-5,9-10H2,1-3H3,(H2,20,21,22);1H. The Morgan fingerprint density at radius 3 is 2.81 bits per heavy atom. The Morgan fingerprint density at radius 1 is 1.44 bits per heavy atom. The second kappa shape index (κ2) is 9.86. The first-order chi connectivity index (χ1) is 12.5. The predicted molar refractivity (Wildman–Crippen MR) is 111 cm³/mol. The second-order valence-corrected chi connectivity index (χ2v) is 6.47. The third-order valence-corrected chi connectivity index (χ3v) is 4.18. The van der Waals surface area contributed by atoms with Gasteiger partial charge in [-0.25, -0.2) is 4.39 Å². The van der Waals surface area contributed by atoms with Gasteiger partial charge in [0.05, 0.1) is 19.2 Å². The fourth-order valence-electron chi connectivity index (χ4n) is 2.45. The predicted octanol–water partition coefficient (Wildman–Crippen LogP) is 3.35. The van der Waals surface area contributed by atoms with E-state index in [0.29, 0.717) is 42.5 Å². The van der Waals surface area contributed by atoms with Crippen LogP contribution in [-0.2, 0) is 6.54 Å². The lowest BCUT2D eigenvalue weighted by molar-refractivity contribution is 0.285. The summed E-state index contributed by atoms with van der Waals surface area (Å²) in [7, 11) is 1.66. The van der Waals surface area contributed by atoms with E-state index in [2.05, 4.69) is 25.8 Å². The van der Waals surface area contributed by atoms with Gasteiger partial charge in [-0.05, 0) is 50.3 Å². The molecule has 0 aliphatic heterocycles. The molecule has 1 aliphatic carbocycles. The van der Waals surface area contributed by atoms with Gasteiger partial charge >= 0.3 is 0 Å². The van der Waals surface area contributed by atoms with Gasteiger partial charge in [-0.2, -0.15) is 4.98 Å². The van der Waals surface area contributed by atoms with Crippen LogP contribution in [0.4, 0.5) is 4.39 Å². The molecule has 27 heavy (non-hydrogen) atoms. The summed E-state index contributed by atoms with van der Waals surface area (Å²) in [4.78, 5) is 8.28. The topological polar surface area (TPSA) is 84.6 Å². The molecule has 2 aromatic rings. The fourth-order valence-corrected chi connectivity index (χ4v) is 2.45. The van der Waals surface area contributed by atoms with Crippen molar-refractivity contribution in [3.63, 3.8) is 0 Å². The first-order valence-electron chi connectivity index (χ1n) is 8.73. The molecule has 0 radical (unpaired) electrons. The van der Waals surface area contributed by atoms with Gasteiger partial charge in [0.25, 0.3) is 0 Å². The first kappa shape index (κ1) is 21.4. The Morgan fingerprint density at radius 2 is 2.22 bits per heavy atom. The van der Waals surface area contributed by atoms with E-state index in [1.54, 1.807) is 20.0 Å². The summed E-state index contributed by atoms with van der Waals surface area (Å²) in [5.41, 5.74) is 0.804. The molecule has 9 heteroatoms. The van der Waals surface area contributed by atoms with Crippen LogP contribution < -0.4 is 15.4 Å². The van der Waals surface area contributed by atoms with Crippen molar-refractivity contribution in [1.29, 1.82) is 0 Å². The molecule has 1 unspecified atom stereocenters. The van der Waals surface area contributed by atoms with Crippen LogP contribution in [0.5, 0.6) is 5.75 Å². The number of aromatic nitrogens is 2. The van der Waals surface area contributed by atoms with Crippen LogP contribution in [0.3, 0.4) is 0 Å². The van der Waals surface area contributed by atoms with Crippen molar-refractivity contribution in [3.05, 3.63) is 41.3 Å². The van der Waals surface area contributed by atoms with Gasteiger partial charge in [0, 0.05) is 7.05 Å². The molecular formula is C18H25FIN5O2. The highest BCUT2D eigenvalue weighted by Crippen LogP contribution is 2.30. The highest BCUT2D eigenvalue weighted by molar-refractivity contribution is 14.0. The van der Waals surface area contributed by atoms with E-state index in [-0.39, 0.29) is 35.8 Å². The molecule has 0 bridgehead atoms. The maximum atomic E-state index is 14.2. The number of hydrogen-bond donors (Lipinski definition) is 2. The molecular weight excluding hydrogens is 464 g/mol. The smallest absolute Gasteiger partial charge is 0.246 e. The number of halogens is 2. The molecule has 3 rings (SSSR count). The van der Waals surface area contributed by atoms with Crippen LogP contribution in [0.1, 0.15) is 43.1 Å². The number of ether oxygens (including phenoxy) is 1. The molecule has 1 saturated carbocycles. The van der Waals surface area contributed by atoms with Gasteiger partial charge in [-0.1, -0.05) is 11.2 Å². The SMILES string of the molecule is CN=C(NCc1nc(C)no1)NC(C)c1ccc(OCC2CC2)c(F)c1.I. The van der Waals surface area contributed by atoms with Crippen molar-refractivity contribution in [3.8, 4) is 5.75 Å². The average Bonchev–Trinajstić information content (AvgIpc) is 3.37. The fraction of sp³-hybridized carbons (Fsp3) is 0.500. The van der Waals surface area contributed by atoms with E-state index in [4.69, 9.17) is 9.26 Å². The van der Waals surface area contributed by atoms with E-state index in [1.165, 1.54) is 18.9 Å². The average molecular weight is 489 g/mol. The minimum absolute atomic E-state index is 0. The summed E-state index contributed by atoms with van der Waals surface area (Å²) < 4.78 is 24.8. The minimum Gasteiger partial charge on any atom is -0.490 e. The Kier molecular flexibility index (Phi) is 7.81. The van der Waals surface area contributed by atoms with Crippen molar-refractivity contribution in [2.24, 2.45) is 10.9 Å². The number of hydrogen-bond acceptors (Lipinski definition) is 5. The lowest BCUT2D eigenvalue weighted by Gasteiger charge is -2.18. The molecule has 1 aromatic carbocycles. The summed E-state index contributed by atoms with van der Waals surface area (Å²) >= 11 is 0. The summed E-state index contributed by atoms with van der Waals surface area (Å²) in [5, 5.41) is 10.0. The number of rotatable bonds is 7. The highest BCUT2D eigenvalue weighted by atomic mass is 127. The zero-order chi connectivity index (χ0) is 18.5. The molecule has 1 heterocycles. The van der Waals surface area contributed by atoms with E-state index >= 15 is 0 Å². The Hall–Kier alpha value is -1.91. The maximum Gasteiger partial charge on any atom is 0.246 e. The van der Waals surface area contributed by atoms with Gasteiger partial charge in [-0.3, -0.25) is 4.99 Å². The molecule has 148 valence electrons. The molecule has 0 amide bonds. The number of aliphatic imine (C=N–C) groups is 1. The molecule has 1 atom stereocenters. The van der Waals surface area contributed by atoms with Crippen LogP contribution in [0, 0.1) is 18.7 Å². The zero-order valence-electron chi connectivity index (χ0n) is 15.7. The second-order valence-electron chi connectivity index (χ2n) is 6.47. The molecule has 7 nitrogen and oxygen atoms in total. The van der Waals surface area contributed by atoms with Crippen molar-refractivity contribution in [1.82, 2.24) is 20.8 Å². The van der Waals surface area contributed by atoms with Crippen LogP contribution in [-0.4, -0.2) is 29.8 Å². The Labute approximate surface area is 175 Å². The van der Waals surface area contributed by atoms with Crippen molar-refractivity contribution in [2.75, 3.05) is 13.7 Å². The lowest BCUT2D eigenvalue weighted by atomic mass is 10.1. The minimum atomic E-state index is -0.346. The third-order valence-electron chi connectivity index (χ3n) is 4.18. The van der Waals surface area contributed by atoms with E-state index in [9.17, 15) is 4.39 Å². The first-order valence-corrected chi connectivity index (χ1v) is 8.73. The Bertz CT molecular complexity index is 779. The maximum absolute atomic E-state index is 14.2. The quantitative estimate of drug-likeness (QED) is 0.353. The zero-order valence-corrected chi connectivity index (χ0v) is 18.0. The van der Waals surface area contributed by atoms with Crippen LogP contribution in [0.2, 0.25) is 0 Å². The van der Waals surface area contributed by atoms with Crippen molar-refractivity contribution in [2.45, 2.75) is 39.3 Å². The molecule has 0 spiro atoms. The Balaban J connectivity index is 0.00000261. The van der Waals surface area contributed by atoms with Gasteiger partial charge in [0.15, 0.2) is 23.4 Å². The highest BCUT2D eigenvalue weighted by Gasteiger charge is 2.22. The summed E-state index contributed by atoms with van der Waals surface area (Å²) in [6.45, 7) is 4.64.